The van der Waals surface area contributed by atoms with Crippen molar-refractivity contribution in [3.63, 3.8) is 0 Å². The fourth-order valence-corrected chi connectivity index (χ4v) is 4.59. The Morgan fingerprint density at radius 3 is 3.12 bits per heavy atom. The van der Waals surface area contributed by atoms with Crippen LogP contribution in [0.5, 0.6) is 5.75 Å². The molecule has 1 fully saturated rings. The van der Waals surface area contributed by atoms with Crippen molar-refractivity contribution in [3.05, 3.63) is 29.3 Å². The van der Waals surface area contributed by atoms with Gasteiger partial charge in [0.15, 0.2) is 0 Å². The summed E-state index contributed by atoms with van der Waals surface area (Å²) in [7, 11) is 1.74. The van der Waals surface area contributed by atoms with Gasteiger partial charge in [0.1, 0.15) is 5.75 Å². The fourth-order valence-electron chi connectivity index (χ4n) is 2.95. The molecule has 3 rings (SSSR count). The highest BCUT2D eigenvalue weighted by Crippen LogP contribution is 2.50. The van der Waals surface area contributed by atoms with E-state index in [1.807, 2.05) is 0 Å². The molecule has 1 N–H and O–H groups in total. The van der Waals surface area contributed by atoms with Gasteiger partial charge in [-0.15, -0.1) is 11.8 Å². The summed E-state index contributed by atoms with van der Waals surface area (Å²) >= 11 is 2.09. The molecule has 1 aromatic rings. The standard InChI is InChI=1S/C14H19NOS/c1-10-6-8-15-14(17-10)7-5-11-3-4-12(16-2)9-13(11)14/h3-4,9-10,15H,5-8H2,1-2H3. The molecule has 2 unspecified atom stereocenters. The molecule has 1 aliphatic carbocycles. The lowest BCUT2D eigenvalue weighted by Gasteiger charge is -2.38. The third kappa shape index (κ3) is 1.85. The van der Waals surface area contributed by atoms with Crippen molar-refractivity contribution in [2.45, 2.75) is 36.3 Å². The lowest BCUT2D eigenvalue weighted by Crippen LogP contribution is -2.43. The smallest absolute Gasteiger partial charge is 0.119 e. The van der Waals surface area contributed by atoms with Crippen molar-refractivity contribution >= 4 is 11.8 Å². The zero-order valence-corrected chi connectivity index (χ0v) is 11.3. The number of thioether (sulfide) groups is 1. The number of hydrogen-bond donors (Lipinski definition) is 1. The van der Waals surface area contributed by atoms with Crippen LogP contribution in [-0.4, -0.2) is 18.9 Å². The van der Waals surface area contributed by atoms with E-state index in [0.717, 1.165) is 17.5 Å². The number of fused-ring (bicyclic) bond motifs is 2. The number of rotatable bonds is 1. The maximum absolute atomic E-state index is 5.36. The van der Waals surface area contributed by atoms with E-state index in [9.17, 15) is 0 Å². The molecule has 3 heteroatoms. The predicted molar refractivity (Wildman–Crippen MR) is 72.7 cm³/mol. The molecule has 1 aromatic carbocycles. The van der Waals surface area contributed by atoms with Gasteiger partial charge in [0.2, 0.25) is 0 Å². The van der Waals surface area contributed by atoms with Gasteiger partial charge in [0.05, 0.1) is 12.0 Å². The molecule has 1 aliphatic heterocycles. The van der Waals surface area contributed by atoms with E-state index in [2.05, 4.69) is 42.2 Å². The summed E-state index contributed by atoms with van der Waals surface area (Å²) in [6, 6.07) is 6.53. The zero-order valence-electron chi connectivity index (χ0n) is 10.5. The Morgan fingerprint density at radius 2 is 2.35 bits per heavy atom. The van der Waals surface area contributed by atoms with Gasteiger partial charge in [-0.25, -0.2) is 0 Å². The molecule has 2 nitrogen and oxygen atoms in total. The lowest BCUT2D eigenvalue weighted by atomic mass is 10.1. The first-order valence-corrected chi connectivity index (χ1v) is 7.22. The summed E-state index contributed by atoms with van der Waals surface area (Å²) in [5.74, 6) is 0.977. The van der Waals surface area contributed by atoms with Crippen LogP contribution in [0.3, 0.4) is 0 Å². The SMILES string of the molecule is COc1ccc2c(c1)C1(CC2)NCCC(C)S1. The maximum Gasteiger partial charge on any atom is 0.119 e. The minimum atomic E-state index is 0.154. The second-order valence-corrected chi connectivity index (χ2v) is 6.73. The predicted octanol–water partition coefficient (Wildman–Crippen LogP) is 2.91. The average Bonchev–Trinajstić information content (AvgIpc) is 2.68. The van der Waals surface area contributed by atoms with Crippen LogP contribution in [-0.2, 0) is 11.3 Å². The van der Waals surface area contributed by atoms with Gasteiger partial charge in [-0.05, 0) is 49.1 Å². The van der Waals surface area contributed by atoms with Gasteiger partial charge in [-0.3, -0.25) is 5.32 Å². The van der Waals surface area contributed by atoms with Crippen LogP contribution in [0.4, 0.5) is 0 Å². The fraction of sp³-hybridized carbons (Fsp3) is 0.571. The van der Waals surface area contributed by atoms with E-state index in [-0.39, 0.29) is 4.87 Å². The molecule has 2 aliphatic rings. The van der Waals surface area contributed by atoms with Crippen LogP contribution in [0.1, 0.15) is 30.9 Å². The Hall–Kier alpha value is -0.670. The van der Waals surface area contributed by atoms with Crippen molar-refractivity contribution < 1.29 is 4.74 Å². The highest BCUT2D eigenvalue weighted by Gasteiger charge is 2.42. The van der Waals surface area contributed by atoms with Crippen molar-refractivity contribution in [2.24, 2.45) is 0 Å². The van der Waals surface area contributed by atoms with E-state index in [4.69, 9.17) is 4.74 Å². The normalized spacial score (nSPS) is 31.5. The Labute approximate surface area is 107 Å². The summed E-state index contributed by atoms with van der Waals surface area (Å²) < 4.78 is 5.36. The van der Waals surface area contributed by atoms with Crippen LogP contribution >= 0.6 is 11.8 Å². The van der Waals surface area contributed by atoms with E-state index in [1.165, 1.54) is 30.4 Å². The van der Waals surface area contributed by atoms with Crippen molar-refractivity contribution in [3.8, 4) is 5.75 Å². The molecule has 0 saturated carbocycles. The minimum absolute atomic E-state index is 0.154. The van der Waals surface area contributed by atoms with Crippen LogP contribution in [0.2, 0.25) is 0 Å². The highest BCUT2D eigenvalue weighted by atomic mass is 32.2. The molecule has 0 aromatic heterocycles. The van der Waals surface area contributed by atoms with Crippen LogP contribution in [0.25, 0.3) is 0 Å². The number of methoxy groups -OCH3 is 1. The second-order valence-electron chi connectivity index (χ2n) is 4.99. The number of nitrogens with one attached hydrogen (secondary N) is 1. The van der Waals surface area contributed by atoms with Gasteiger partial charge < -0.3 is 4.74 Å². The zero-order chi connectivity index (χ0) is 11.9. The first kappa shape index (κ1) is 11.4. The Kier molecular flexibility index (Phi) is 2.83. The molecule has 1 heterocycles. The molecule has 0 bridgehead atoms. The minimum Gasteiger partial charge on any atom is -0.497 e. The third-order valence-electron chi connectivity index (χ3n) is 3.86. The molecule has 17 heavy (non-hydrogen) atoms. The van der Waals surface area contributed by atoms with E-state index >= 15 is 0 Å². The van der Waals surface area contributed by atoms with Crippen LogP contribution in [0.15, 0.2) is 18.2 Å². The lowest BCUT2D eigenvalue weighted by molar-refractivity contribution is 0.410. The topological polar surface area (TPSA) is 21.3 Å². The molecule has 92 valence electrons. The van der Waals surface area contributed by atoms with E-state index in [1.54, 1.807) is 7.11 Å². The maximum atomic E-state index is 5.36. The van der Waals surface area contributed by atoms with Crippen molar-refractivity contribution in [1.29, 1.82) is 0 Å². The molecule has 2 atom stereocenters. The summed E-state index contributed by atoms with van der Waals surface area (Å²) in [5, 5.41) is 4.48. The van der Waals surface area contributed by atoms with Crippen LogP contribution in [0, 0.1) is 0 Å². The first-order valence-electron chi connectivity index (χ1n) is 6.34. The third-order valence-corrected chi connectivity index (χ3v) is 5.47. The van der Waals surface area contributed by atoms with Gasteiger partial charge in [0, 0.05) is 5.25 Å². The van der Waals surface area contributed by atoms with Crippen molar-refractivity contribution in [1.82, 2.24) is 5.32 Å². The van der Waals surface area contributed by atoms with Crippen molar-refractivity contribution in [2.75, 3.05) is 13.7 Å². The highest BCUT2D eigenvalue weighted by molar-refractivity contribution is 8.00. The molecule has 1 saturated heterocycles. The van der Waals surface area contributed by atoms with Gasteiger partial charge in [-0.1, -0.05) is 13.0 Å². The average molecular weight is 249 g/mol. The Bertz CT molecular complexity index is 430. The number of ether oxygens (including phenoxy) is 1. The molecular formula is C14H19NOS. The Balaban J connectivity index is 2.01. The van der Waals surface area contributed by atoms with Gasteiger partial charge in [0.25, 0.3) is 0 Å². The molecule has 1 spiro atoms. The number of hydrogen-bond acceptors (Lipinski definition) is 3. The monoisotopic (exact) mass is 249 g/mol. The molecule has 0 amide bonds. The number of aryl methyl sites for hydroxylation is 1. The Morgan fingerprint density at radius 1 is 1.47 bits per heavy atom. The quantitative estimate of drug-likeness (QED) is 0.827. The summed E-state index contributed by atoms with van der Waals surface area (Å²) in [4.78, 5) is 0.154. The van der Waals surface area contributed by atoms with Gasteiger partial charge in [-0.2, -0.15) is 0 Å². The summed E-state index contributed by atoms with van der Waals surface area (Å²) in [6.07, 6.45) is 3.67. The van der Waals surface area contributed by atoms with Crippen LogP contribution < -0.4 is 10.1 Å². The second kappa shape index (κ2) is 4.21. The number of benzene rings is 1. The first-order chi connectivity index (χ1) is 8.23. The summed E-state index contributed by atoms with van der Waals surface area (Å²) in [5.41, 5.74) is 2.94. The largest absolute Gasteiger partial charge is 0.497 e. The van der Waals surface area contributed by atoms with E-state index in [0.29, 0.717) is 0 Å². The van der Waals surface area contributed by atoms with Gasteiger partial charge >= 0.3 is 0 Å². The summed E-state index contributed by atoms with van der Waals surface area (Å²) in [6.45, 7) is 3.47. The van der Waals surface area contributed by atoms with E-state index < -0.39 is 0 Å². The molecular weight excluding hydrogens is 230 g/mol. The molecule has 0 radical (unpaired) electrons.